The van der Waals surface area contributed by atoms with E-state index >= 15 is 0 Å². The Kier molecular flexibility index (Phi) is 4.01. The number of hydrogen-bond donors (Lipinski definition) is 1. The van der Waals surface area contributed by atoms with Crippen LogP contribution in [0.1, 0.15) is 29.1 Å². The molecule has 0 aliphatic rings. The maximum Gasteiger partial charge on any atom is 0.104 e. The summed E-state index contributed by atoms with van der Waals surface area (Å²) in [6.07, 6.45) is 6.56. The molecule has 2 heteroatoms. The number of thiophene rings is 1. The topological polar surface area (TPSA) is 12.0 Å². The van der Waals surface area contributed by atoms with Crippen molar-refractivity contribution in [2.75, 3.05) is 6.54 Å². The van der Waals surface area contributed by atoms with E-state index in [4.69, 9.17) is 6.42 Å². The van der Waals surface area contributed by atoms with Crippen LogP contribution in [0.5, 0.6) is 0 Å². The Morgan fingerprint density at radius 3 is 2.85 bits per heavy atom. The van der Waals surface area contributed by atoms with Crippen LogP contribution < -0.4 is 5.32 Å². The van der Waals surface area contributed by atoms with Crippen molar-refractivity contribution in [3.8, 4) is 12.3 Å². The van der Waals surface area contributed by atoms with Crippen molar-refractivity contribution in [2.45, 2.75) is 26.3 Å². The van der Waals surface area contributed by atoms with Gasteiger partial charge in [0.2, 0.25) is 0 Å². The van der Waals surface area contributed by atoms with Crippen molar-refractivity contribution in [3.63, 3.8) is 0 Å². The van der Waals surface area contributed by atoms with Crippen molar-refractivity contribution in [1.82, 2.24) is 5.32 Å². The molecule has 0 aliphatic carbocycles. The summed E-state index contributed by atoms with van der Waals surface area (Å²) in [6.45, 7) is 5.22. The Bertz CT molecular complexity index is 295. The Hall–Kier alpha value is -0.780. The molecule has 70 valence electrons. The van der Waals surface area contributed by atoms with E-state index in [-0.39, 0.29) is 6.04 Å². The molecule has 1 atom stereocenters. The molecule has 0 saturated carbocycles. The molecule has 1 aromatic heterocycles. The highest BCUT2D eigenvalue weighted by molar-refractivity contribution is 7.12. The van der Waals surface area contributed by atoms with Crippen molar-refractivity contribution in [3.05, 3.63) is 21.9 Å². The van der Waals surface area contributed by atoms with Gasteiger partial charge in [-0.1, -0.05) is 12.8 Å². The first-order valence-electron chi connectivity index (χ1n) is 4.53. The third-order valence-corrected chi connectivity index (χ3v) is 2.88. The SMILES string of the molecule is C#CC(NCCC)c1ccc(C)s1. The Morgan fingerprint density at radius 2 is 2.38 bits per heavy atom. The molecule has 1 heterocycles. The van der Waals surface area contributed by atoms with E-state index in [1.165, 1.54) is 9.75 Å². The highest BCUT2D eigenvalue weighted by atomic mass is 32.1. The van der Waals surface area contributed by atoms with Gasteiger partial charge in [-0.2, -0.15) is 0 Å². The summed E-state index contributed by atoms with van der Waals surface area (Å²) in [5, 5.41) is 3.32. The first kappa shape index (κ1) is 10.3. The van der Waals surface area contributed by atoms with E-state index in [1.54, 1.807) is 11.3 Å². The van der Waals surface area contributed by atoms with Crippen LogP contribution in [-0.4, -0.2) is 6.54 Å². The van der Waals surface area contributed by atoms with Crippen molar-refractivity contribution < 1.29 is 0 Å². The predicted molar refractivity (Wildman–Crippen MR) is 58.9 cm³/mol. The monoisotopic (exact) mass is 193 g/mol. The van der Waals surface area contributed by atoms with Crippen LogP contribution in [-0.2, 0) is 0 Å². The number of terminal acetylenes is 1. The molecule has 1 nitrogen and oxygen atoms in total. The second kappa shape index (κ2) is 5.06. The smallest absolute Gasteiger partial charge is 0.104 e. The van der Waals surface area contributed by atoms with Crippen molar-refractivity contribution in [1.29, 1.82) is 0 Å². The zero-order valence-corrected chi connectivity index (χ0v) is 8.95. The van der Waals surface area contributed by atoms with Gasteiger partial charge in [-0.15, -0.1) is 17.8 Å². The summed E-state index contributed by atoms with van der Waals surface area (Å²) >= 11 is 1.77. The van der Waals surface area contributed by atoms with Gasteiger partial charge in [0, 0.05) is 9.75 Å². The van der Waals surface area contributed by atoms with Gasteiger partial charge in [0.05, 0.1) is 0 Å². The number of nitrogens with one attached hydrogen (secondary N) is 1. The van der Waals surface area contributed by atoms with Crippen LogP contribution in [0.3, 0.4) is 0 Å². The standard InChI is InChI=1S/C11H15NS/c1-4-8-12-10(5-2)11-7-6-9(3)13-11/h2,6-7,10,12H,4,8H2,1,3H3. The van der Waals surface area contributed by atoms with Crippen LogP contribution in [0.25, 0.3) is 0 Å². The van der Waals surface area contributed by atoms with Gasteiger partial charge in [-0.25, -0.2) is 0 Å². The Morgan fingerprint density at radius 1 is 1.62 bits per heavy atom. The van der Waals surface area contributed by atoms with Gasteiger partial charge < -0.3 is 0 Å². The summed E-state index contributed by atoms with van der Waals surface area (Å²) < 4.78 is 0. The Balaban J connectivity index is 2.63. The summed E-state index contributed by atoms with van der Waals surface area (Å²) in [5.41, 5.74) is 0. The van der Waals surface area contributed by atoms with Crippen LogP contribution in [0.4, 0.5) is 0 Å². The molecule has 0 spiro atoms. The largest absolute Gasteiger partial charge is 0.299 e. The van der Waals surface area contributed by atoms with E-state index in [0.717, 1.165) is 13.0 Å². The predicted octanol–water partition coefficient (Wildman–Crippen LogP) is 2.73. The molecule has 0 aromatic carbocycles. The van der Waals surface area contributed by atoms with Gasteiger partial charge in [-0.05, 0) is 32.0 Å². The van der Waals surface area contributed by atoms with Gasteiger partial charge in [0.1, 0.15) is 6.04 Å². The molecule has 0 aliphatic heterocycles. The van der Waals surface area contributed by atoms with Gasteiger partial charge in [0.25, 0.3) is 0 Å². The minimum Gasteiger partial charge on any atom is -0.299 e. The van der Waals surface area contributed by atoms with Gasteiger partial charge in [-0.3, -0.25) is 5.32 Å². The molecule has 0 fully saturated rings. The lowest BCUT2D eigenvalue weighted by Crippen LogP contribution is -2.19. The maximum absolute atomic E-state index is 5.45. The summed E-state index contributed by atoms with van der Waals surface area (Å²) in [7, 11) is 0. The number of aryl methyl sites for hydroxylation is 1. The lowest BCUT2D eigenvalue weighted by atomic mass is 10.2. The highest BCUT2D eigenvalue weighted by Crippen LogP contribution is 2.21. The summed E-state index contributed by atoms with van der Waals surface area (Å²) in [4.78, 5) is 2.56. The van der Waals surface area contributed by atoms with Crippen LogP contribution in [0.2, 0.25) is 0 Å². The molecule has 0 amide bonds. The third-order valence-electron chi connectivity index (χ3n) is 1.81. The average Bonchev–Trinajstić information content (AvgIpc) is 2.54. The lowest BCUT2D eigenvalue weighted by molar-refractivity contribution is 0.633. The normalized spacial score (nSPS) is 12.4. The second-order valence-electron chi connectivity index (χ2n) is 3.00. The van der Waals surface area contributed by atoms with E-state index in [1.807, 2.05) is 0 Å². The molecular weight excluding hydrogens is 178 g/mol. The molecule has 1 aromatic rings. The molecular formula is C11H15NS. The molecule has 1 N–H and O–H groups in total. The number of rotatable bonds is 4. The quantitative estimate of drug-likeness (QED) is 0.725. The van der Waals surface area contributed by atoms with Gasteiger partial charge in [0.15, 0.2) is 0 Å². The maximum atomic E-state index is 5.45. The first-order valence-corrected chi connectivity index (χ1v) is 5.35. The Labute approximate surface area is 84.2 Å². The molecule has 1 rings (SSSR count). The van der Waals surface area contributed by atoms with E-state index in [0.29, 0.717) is 0 Å². The van der Waals surface area contributed by atoms with Crippen LogP contribution >= 0.6 is 11.3 Å². The minimum absolute atomic E-state index is 0.0960. The van der Waals surface area contributed by atoms with Crippen molar-refractivity contribution >= 4 is 11.3 Å². The first-order chi connectivity index (χ1) is 6.27. The zero-order valence-electron chi connectivity index (χ0n) is 8.13. The summed E-state index contributed by atoms with van der Waals surface area (Å²) in [6, 6.07) is 4.31. The second-order valence-corrected chi connectivity index (χ2v) is 4.32. The molecule has 1 unspecified atom stereocenters. The van der Waals surface area contributed by atoms with E-state index < -0.39 is 0 Å². The molecule has 0 radical (unpaired) electrons. The fourth-order valence-electron chi connectivity index (χ4n) is 1.14. The van der Waals surface area contributed by atoms with Crippen LogP contribution in [0.15, 0.2) is 12.1 Å². The zero-order chi connectivity index (χ0) is 9.68. The fourth-order valence-corrected chi connectivity index (χ4v) is 2.05. The number of hydrogen-bond acceptors (Lipinski definition) is 2. The fraction of sp³-hybridized carbons (Fsp3) is 0.455. The molecule has 0 bridgehead atoms. The van der Waals surface area contributed by atoms with Crippen molar-refractivity contribution in [2.24, 2.45) is 0 Å². The molecule has 13 heavy (non-hydrogen) atoms. The highest BCUT2D eigenvalue weighted by Gasteiger charge is 2.08. The summed E-state index contributed by atoms with van der Waals surface area (Å²) in [5.74, 6) is 2.77. The van der Waals surface area contributed by atoms with E-state index in [2.05, 4.69) is 37.2 Å². The van der Waals surface area contributed by atoms with Crippen LogP contribution in [0, 0.1) is 19.3 Å². The molecule has 0 saturated heterocycles. The van der Waals surface area contributed by atoms with E-state index in [9.17, 15) is 0 Å². The lowest BCUT2D eigenvalue weighted by Gasteiger charge is -2.09. The average molecular weight is 193 g/mol. The minimum atomic E-state index is 0.0960. The van der Waals surface area contributed by atoms with Gasteiger partial charge >= 0.3 is 0 Å². The third kappa shape index (κ3) is 2.87.